The Morgan fingerprint density at radius 2 is 1.84 bits per heavy atom. The molecule has 0 radical (unpaired) electrons. The van der Waals surface area contributed by atoms with Gasteiger partial charge in [-0.05, 0) is 11.6 Å². The lowest BCUT2D eigenvalue weighted by Gasteiger charge is -2.17. The van der Waals surface area contributed by atoms with Gasteiger partial charge in [-0.15, -0.1) is 0 Å². The van der Waals surface area contributed by atoms with Gasteiger partial charge in [0.25, 0.3) is 5.56 Å². The summed E-state index contributed by atoms with van der Waals surface area (Å²) >= 11 is 0. The van der Waals surface area contributed by atoms with Gasteiger partial charge in [-0.2, -0.15) is 0 Å². The van der Waals surface area contributed by atoms with Crippen LogP contribution in [0.2, 0.25) is 0 Å². The average molecular weight is 346 g/mol. The maximum Gasteiger partial charge on any atom is 0.330 e. The molecule has 25 heavy (non-hydrogen) atoms. The molecule has 4 atom stereocenters. The highest BCUT2D eigenvalue weighted by Gasteiger charge is 2.43. The van der Waals surface area contributed by atoms with Gasteiger partial charge in [-0.3, -0.25) is 14.3 Å². The van der Waals surface area contributed by atoms with Gasteiger partial charge >= 0.3 is 5.69 Å². The van der Waals surface area contributed by atoms with E-state index in [9.17, 15) is 19.8 Å². The molecule has 1 saturated heterocycles. The van der Waals surface area contributed by atoms with Crippen LogP contribution in [0.1, 0.15) is 17.4 Å². The van der Waals surface area contributed by atoms with E-state index in [1.807, 2.05) is 30.3 Å². The molecular formula is C17H18N2O6. The summed E-state index contributed by atoms with van der Waals surface area (Å²) < 4.78 is 6.32. The summed E-state index contributed by atoms with van der Waals surface area (Å²) in [5.74, 6) is 0. The normalized spacial score (nSPS) is 26.4. The molecule has 2 aromatic rings. The van der Waals surface area contributed by atoms with Gasteiger partial charge in [-0.1, -0.05) is 36.4 Å². The molecule has 0 aliphatic carbocycles. The minimum Gasteiger partial charge on any atom is -0.394 e. The molecule has 4 N–H and O–H groups in total. The standard InChI is InChI=1S/C17H18N2O6/c20-9-12-13(21)14(22)16(25-12)19-8-11(15(23)18-17(19)24)7-6-10-4-2-1-3-5-10/h1-8,12-14,16,20-22H,9H2,(H,18,23,24)/b7-6+/t12-,13-,14-,16-/m1/s1. The van der Waals surface area contributed by atoms with Gasteiger partial charge in [0, 0.05) is 6.20 Å². The first kappa shape index (κ1) is 17.3. The number of nitrogens with zero attached hydrogens (tertiary/aromatic N) is 1. The summed E-state index contributed by atoms with van der Waals surface area (Å²) in [5.41, 5.74) is -0.314. The molecule has 0 saturated carbocycles. The predicted octanol–water partition coefficient (Wildman–Crippen LogP) is -0.681. The average Bonchev–Trinajstić information content (AvgIpc) is 2.90. The first-order chi connectivity index (χ1) is 12.0. The number of benzene rings is 1. The molecule has 1 fully saturated rings. The zero-order chi connectivity index (χ0) is 18.0. The van der Waals surface area contributed by atoms with E-state index in [1.54, 1.807) is 6.08 Å². The first-order valence-corrected chi connectivity index (χ1v) is 7.72. The zero-order valence-electron chi connectivity index (χ0n) is 13.1. The van der Waals surface area contributed by atoms with Crippen LogP contribution < -0.4 is 11.2 Å². The van der Waals surface area contributed by atoms with E-state index in [1.165, 1.54) is 12.3 Å². The van der Waals surface area contributed by atoms with Crippen molar-refractivity contribution in [2.75, 3.05) is 6.61 Å². The second kappa shape index (κ2) is 7.16. The summed E-state index contributed by atoms with van der Waals surface area (Å²) in [6.07, 6.45) is -0.477. The number of H-pyrrole nitrogens is 1. The topological polar surface area (TPSA) is 125 Å². The summed E-state index contributed by atoms with van der Waals surface area (Å²) in [4.78, 5) is 26.2. The number of aliphatic hydroxyl groups is 3. The van der Waals surface area contributed by atoms with Crippen molar-refractivity contribution in [1.82, 2.24) is 9.55 Å². The van der Waals surface area contributed by atoms with E-state index in [4.69, 9.17) is 9.84 Å². The van der Waals surface area contributed by atoms with Gasteiger partial charge in [0.1, 0.15) is 18.3 Å². The van der Waals surface area contributed by atoms with Gasteiger partial charge in [0.15, 0.2) is 6.23 Å². The number of aromatic nitrogens is 2. The van der Waals surface area contributed by atoms with Crippen LogP contribution in [-0.2, 0) is 4.74 Å². The fourth-order valence-corrected chi connectivity index (χ4v) is 2.67. The van der Waals surface area contributed by atoms with Crippen LogP contribution in [0, 0.1) is 0 Å². The largest absolute Gasteiger partial charge is 0.394 e. The second-order valence-corrected chi connectivity index (χ2v) is 5.72. The Labute approximate surface area is 142 Å². The van der Waals surface area contributed by atoms with Gasteiger partial charge in [0.2, 0.25) is 0 Å². The summed E-state index contributed by atoms with van der Waals surface area (Å²) in [7, 11) is 0. The Morgan fingerprint density at radius 1 is 1.12 bits per heavy atom. The lowest BCUT2D eigenvalue weighted by Crippen LogP contribution is -2.38. The van der Waals surface area contributed by atoms with E-state index in [0.717, 1.165) is 10.1 Å². The third kappa shape index (κ3) is 3.47. The minimum atomic E-state index is -1.41. The summed E-state index contributed by atoms with van der Waals surface area (Å²) in [5, 5.41) is 29.0. The molecule has 0 spiro atoms. The highest BCUT2D eigenvalue weighted by Crippen LogP contribution is 2.28. The fourth-order valence-electron chi connectivity index (χ4n) is 2.67. The third-order valence-electron chi connectivity index (χ3n) is 4.04. The maximum atomic E-state index is 12.0. The SMILES string of the molecule is O=c1[nH]c(=O)n([C@@H]2O[C@H](CO)[C@@H](O)[C@H]2O)cc1/C=C/c1ccccc1. The zero-order valence-corrected chi connectivity index (χ0v) is 13.1. The van der Waals surface area contributed by atoms with E-state index in [2.05, 4.69) is 4.98 Å². The molecule has 1 aromatic heterocycles. The van der Waals surface area contributed by atoms with Crippen LogP contribution in [0.15, 0.2) is 46.1 Å². The van der Waals surface area contributed by atoms with Crippen molar-refractivity contribution in [2.24, 2.45) is 0 Å². The first-order valence-electron chi connectivity index (χ1n) is 7.72. The van der Waals surface area contributed by atoms with Gasteiger partial charge in [-0.25, -0.2) is 4.79 Å². The molecule has 132 valence electrons. The Hall–Kier alpha value is -2.52. The Bertz CT molecular complexity index is 873. The van der Waals surface area contributed by atoms with Crippen LogP contribution in [0.4, 0.5) is 0 Å². The molecule has 3 rings (SSSR count). The van der Waals surface area contributed by atoms with Crippen molar-refractivity contribution in [2.45, 2.75) is 24.5 Å². The predicted molar refractivity (Wildman–Crippen MR) is 89.7 cm³/mol. The van der Waals surface area contributed by atoms with E-state index >= 15 is 0 Å². The van der Waals surface area contributed by atoms with Crippen LogP contribution >= 0.6 is 0 Å². The van der Waals surface area contributed by atoms with Crippen molar-refractivity contribution in [3.05, 3.63) is 68.5 Å². The molecule has 1 aliphatic rings. The number of ether oxygens (including phenoxy) is 1. The minimum absolute atomic E-state index is 0.182. The highest BCUT2D eigenvalue weighted by atomic mass is 16.6. The van der Waals surface area contributed by atoms with Gasteiger partial charge < -0.3 is 20.1 Å². The number of hydrogen-bond donors (Lipinski definition) is 4. The number of nitrogens with one attached hydrogen (secondary N) is 1. The molecule has 2 heterocycles. The molecule has 8 nitrogen and oxygen atoms in total. The number of aliphatic hydroxyl groups excluding tert-OH is 3. The maximum absolute atomic E-state index is 12.0. The Balaban J connectivity index is 1.95. The highest BCUT2D eigenvalue weighted by molar-refractivity contribution is 5.68. The van der Waals surface area contributed by atoms with Crippen LogP contribution in [-0.4, -0.2) is 49.8 Å². The molecular weight excluding hydrogens is 328 g/mol. The van der Waals surface area contributed by atoms with Crippen LogP contribution in [0.25, 0.3) is 12.2 Å². The quantitative estimate of drug-likeness (QED) is 0.581. The molecule has 1 aromatic carbocycles. The van der Waals surface area contributed by atoms with Crippen LogP contribution in [0.5, 0.6) is 0 Å². The Kier molecular flexibility index (Phi) is 4.95. The monoisotopic (exact) mass is 346 g/mol. The lowest BCUT2D eigenvalue weighted by molar-refractivity contribution is -0.0550. The van der Waals surface area contributed by atoms with Crippen molar-refractivity contribution in [1.29, 1.82) is 0 Å². The number of hydrogen-bond acceptors (Lipinski definition) is 6. The van der Waals surface area contributed by atoms with Crippen molar-refractivity contribution in [3.8, 4) is 0 Å². The van der Waals surface area contributed by atoms with Crippen molar-refractivity contribution in [3.63, 3.8) is 0 Å². The second-order valence-electron chi connectivity index (χ2n) is 5.72. The number of aromatic amines is 1. The van der Waals surface area contributed by atoms with E-state index < -0.39 is 42.4 Å². The smallest absolute Gasteiger partial charge is 0.330 e. The van der Waals surface area contributed by atoms with Crippen LogP contribution in [0.3, 0.4) is 0 Å². The third-order valence-corrected chi connectivity index (χ3v) is 4.04. The molecule has 0 amide bonds. The Morgan fingerprint density at radius 3 is 2.48 bits per heavy atom. The molecule has 1 aliphatic heterocycles. The molecule has 0 bridgehead atoms. The molecule has 0 unspecified atom stereocenters. The van der Waals surface area contributed by atoms with E-state index in [0.29, 0.717) is 0 Å². The lowest BCUT2D eigenvalue weighted by atomic mass is 10.1. The van der Waals surface area contributed by atoms with Gasteiger partial charge in [0.05, 0.1) is 12.2 Å². The summed E-state index contributed by atoms with van der Waals surface area (Å²) in [6.45, 7) is -0.506. The van der Waals surface area contributed by atoms with E-state index in [-0.39, 0.29) is 5.56 Å². The fraction of sp³-hybridized carbons (Fsp3) is 0.294. The molecule has 8 heteroatoms. The summed E-state index contributed by atoms with van der Waals surface area (Å²) in [6, 6.07) is 9.28. The number of rotatable bonds is 4. The van der Waals surface area contributed by atoms with Crippen molar-refractivity contribution >= 4 is 12.2 Å². The van der Waals surface area contributed by atoms with Crippen molar-refractivity contribution < 1.29 is 20.1 Å².